The van der Waals surface area contributed by atoms with Crippen LogP contribution in [0.3, 0.4) is 0 Å². The summed E-state index contributed by atoms with van der Waals surface area (Å²) in [6.45, 7) is 3.57. The molecule has 1 aliphatic rings. The van der Waals surface area contributed by atoms with Crippen molar-refractivity contribution in [3.05, 3.63) is 63.1 Å². The van der Waals surface area contributed by atoms with E-state index in [9.17, 15) is 14.4 Å². The summed E-state index contributed by atoms with van der Waals surface area (Å²) in [4.78, 5) is 38.7. The molecule has 172 valence electrons. The van der Waals surface area contributed by atoms with Crippen LogP contribution in [0.4, 0.5) is 10.5 Å². The van der Waals surface area contributed by atoms with Gasteiger partial charge in [-0.25, -0.2) is 0 Å². The number of thioether (sulfide) groups is 1. The quantitative estimate of drug-likeness (QED) is 0.264. The van der Waals surface area contributed by atoms with Crippen molar-refractivity contribution in [3.63, 3.8) is 0 Å². The summed E-state index contributed by atoms with van der Waals surface area (Å²) in [7, 11) is 3.06. The first-order valence-electron chi connectivity index (χ1n) is 9.66. The number of halogens is 1. The van der Waals surface area contributed by atoms with Crippen LogP contribution < -0.4 is 19.5 Å². The summed E-state index contributed by atoms with van der Waals surface area (Å²) in [6.07, 6.45) is 3.22. The Labute approximate surface area is 209 Å². The molecule has 33 heavy (non-hydrogen) atoms. The molecule has 0 bridgehead atoms. The van der Waals surface area contributed by atoms with Gasteiger partial charge in [0, 0.05) is 5.69 Å². The molecule has 0 spiro atoms. The zero-order chi connectivity index (χ0) is 24.0. The Bertz CT molecular complexity index is 1120. The molecule has 1 heterocycles. The van der Waals surface area contributed by atoms with Gasteiger partial charge >= 0.3 is 0 Å². The van der Waals surface area contributed by atoms with Gasteiger partial charge in [0.2, 0.25) is 5.91 Å². The highest BCUT2D eigenvalue weighted by Crippen LogP contribution is 2.37. The molecule has 1 saturated heterocycles. The second-order valence-corrected chi connectivity index (χ2v) is 8.83. The first kappa shape index (κ1) is 24.6. The molecule has 10 heteroatoms. The van der Waals surface area contributed by atoms with E-state index in [0.717, 1.165) is 20.2 Å². The first-order valence-corrected chi connectivity index (χ1v) is 11.6. The summed E-state index contributed by atoms with van der Waals surface area (Å²) in [6, 6.07) is 10.3. The number of amides is 3. The Hall–Kier alpha value is -2.99. The fourth-order valence-electron chi connectivity index (χ4n) is 2.91. The van der Waals surface area contributed by atoms with Crippen molar-refractivity contribution in [2.24, 2.45) is 0 Å². The maximum absolute atomic E-state index is 12.8. The maximum Gasteiger partial charge on any atom is 0.294 e. The molecule has 0 unspecified atom stereocenters. The molecule has 3 amide bonds. The van der Waals surface area contributed by atoms with E-state index in [2.05, 4.69) is 34.5 Å². The van der Waals surface area contributed by atoms with Crippen molar-refractivity contribution in [2.75, 3.05) is 32.7 Å². The van der Waals surface area contributed by atoms with E-state index in [0.29, 0.717) is 35.1 Å². The van der Waals surface area contributed by atoms with E-state index < -0.39 is 17.1 Å². The summed E-state index contributed by atoms with van der Waals surface area (Å²) < 4.78 is 16.9. The van der Waals surface area contributed by atoms with Crippen molar-refractivity contribution in [1.82, 2.24) is 4.90 Å². The van der Waals surface area contributed by atoms with Gasteiger partial charge in [-0.1, -0.05) is 12.7 Å². The average molecular weight is 580 g/mol. The number of methoxy groups -OCH3 is 2. The molecule has 3 rings (SSSR count). The summed E-state index contributed by atoms with van der Waals surface area (Å²) in [5, 5.41) is 2.15. The van der Waals surface area contributed by atoms with Crippen LogP contribution in [0.5, 0.6) is 17.2 Å². The third kappa shape index (κ3) is 6.08. The number of nitrogens with zero attached hydrogens (tertiary/aromatic N) is 1. The minimum absolute atomic E-state index is 0.217. The molecule has 0 radical (unpaired) electrons. The van der Waals surface area contributed by atoms with Crippen molar-refractivity contribution in [3.8, 4) is 17.2 Å². The minimum Gasteiger partial charge on any atom is -0.497 e. The molecule has 2 aromatic carbocycles. The molecular weight excluding hydrogens is 559 g/mol. The Balaban J connectivity index is 1.73. The highest BCUT2D eigenvalue weighted by Gasteiger charge is 2.36. The summed E-state index contributed by atoms with van der Waals surface area (Å²) in [5.41, 5.74) is 1.19. The fraction of sp³-hybridized carbons (Fsp3) is 0.174. The van der Waals surface area contributed by atoms with Gasteiger partial charge in [0.15, 0.2) is 11.5 Å². The SMILES string of the molecule is C=CCOc1c(I)cc(/C=C2\SC(=O)N(CC(=O)Nc3ccc(OC)cc3)C2=O)cc1OC. The largest absolute Gasteiger partial charge is 0.497 e. The van der Waals surface area contributed by atoms with Crippen LogP contribution in [0.2, 0.25) is 0 Å². The number of nitrogens with one attached hydrogen (secondary N) is 1. The number of rotatable bonds is 9. The van der Waals surface area contributed by atoms with E-state index in [1.807, 2.05) is 6.07 Å². The monoisotopic (exact) mass is 580 g/mol. The van der Waals surface area contributed by atoms with Crippen LogP contribution in [0.15, 0.2) is 54.0 Å². The molecule has 8 nitrogen and oxygen atoms in total. The zero-order valence-electron chi connectivity index (χ0n) is 17.9. The number of carbonyl (C=O) groups excluding carboxylic acids is 3. The minimum atomic E-state index is -0.532. The van der Waals surface area contributed by atoms with E-state index in [1.54, 1.807) is 49.6 Å². The van der Waals surface area contributed by atoms with Crippen molar-refractivity contribution in [2.45, 2.75) is 0 Å². The normalized spacial score (nSPS) is 14.4. The molecule has 0 aliphatic carbocycles. The van der Waals surface area contributed by atoms with Gasteiger partial charge in [-0.15, -0.1) is 0 Å². The average Bonchev–Trinajstić information content (AvgIpc) is 3.05. The van der Waals surface area contributed by atoms with E-state index in [1.165, 1.54) is 7.11 Å². The standard InChI is InChI=1S/C23H21IN2O6S/c1-4-9-32-21-17(24)10-14(11-18(21)31-3)12-19-22(28)26(23(29)33-19)13-20(27)25-15-5-7-16(30-2)8-6-15/h4-8,10-12H,1,9,13H2,2-3H3,(H,25,27)/b19-12-. The van der Waals surface area contributed by atoms with Crippen LogP contribution in [0, 0.1) is 3.57 Å². The van der Waals surface area contributed by atoms with Gasteiger partial charge < -0.3 is 19.5 Å². The number of hydrogen-bond acceptors (Lipinski definition) is 7. The molecule has 0 atom stereocenters. The van der Waals surface area contributed by atoms with Gasteiger partial charge in [-0.3, -0.25) is 19.3 Å². The van der Waals surface area contributed by atoms with Gasteiger partial charge in [-0.2, -0.15) is 0 Å². The molecular formula is C23H21IN2O6S. The number of imide groups is 1. The van der Waals surface area contributed by atoms with Gasteiger partial charge in [-0.05, 0) is 82.4 Å². The number of carbonyl (C=O) groups is 3. The van der Waals surface area contributed by atoms with Crippen molar-refractivity contribution in [1.29, 1.82) is 0 Å². The number of benzene rings is 2. The molecule has 1 fully saturated rings. The lowest BCUT2D eigenvalue weighted by atomic mass is 10.2. The van der Waals surface area contributed by atoms with Crippen LogP contribution in [0.25, 0.3) is 6.08 Å². The van der Waals surface area contributed by atoms with Crippen LogP contribution in [0.1, 0.15) is 5.56 Å². The van der Waals surface area contributed by atoms with Crippen molar-refractivity contribution >= 4 is 63.2 Å². The predicted octanol–water partition coefficient (Wildman–Crippen LogP) is 4.55. The number of anilines is 1. The Morgan fingerprint density at radius 2 is 1.91 bits per heavy atom. The topological polar surface area (TPSA) is 94.2 Å². The lowest BCUT2D eigenvalue weighted by Gasteiger charge is -2.13. The molecule has 1 N–H and O–H groups in total. The number of hydrogen-bond donors (Lipinski definition) is 1. The fourth-order valence-corrected chi connectivity index (χ4v) is 4.53. The summed E-state index contributed by atoms with van der Waals surface area (Å²) >= 11 is 2.89. The lowest BCUT2D eigenvalue weighted by molar-refractivity contribution is -0.127. The van der Waals surface area contributed by atoms with Crippen LogP contribution in [-0.2, 0) is 9.59 Å². The van der Waals surface area contributed by atoms with Gasteiger partial charge in [0.1, 0.15) is 18.9 Å². The highest BCUT2D eigenvalue weighted by atomic mass is 127. The van der Waals surface area contributed by atoms with Gasteiger partial charge in [0.05, 0.1) is 22.7 Å². The smallest absolute Gasteiger partial charge is 0.294 e. The third-order valence-corrected chi connectivity index (χ3v) is 6.15. The highest BCUT2D eigenvalue weighted by molar-refractivity contribution is 14.1. The second kappa shape index (κ2) is 11.2. The van der Waals surface area contributed by atoms with Crippen LogP contribution in [-0.4, -0.2) is 49.3 Å². The first-order chi connectivity index (χ1) is 15.9. The molecule has 1 aliphatic heterocycles. The van der Waals surface area contributed by atoms with Gasteiger partial charge in [0.25, 0.3) is 11.1 Å². The summed E-state index contributed by atoms with van der Waals surface area (Å²) in [5.74, 6) is 0.696. The van der Waals surface area contributed by atoms with E-state index >= 15 is 0 Å². The Morgan fingerprint density at radius 3 is 2.55 bits per heavy atom. The third-order valence-electron chi connectivity index (χ3n) is 4.44. The molecule has 0 saturated carbocycles. The second-order valence-electron chi connectivity index (χ2n) is 6.68. The predicted molar refractivity (Wildman–Crippen MR) is 136 cm³/mol. The van der Waals surface area contributed by atoms with E-state index in [4.69, 9.17) is 14.2 Å². The molecule has 0 aromatic heterocycles. The maximum atomic E-state index is 12.8. The Kier molecular flexibility index (Phi) is 8.39. The number of ether oxygens (including phenoxy) is 3. The zero-order valence-corrected chi connectivity index (χ0v) is 20.9. The van der Waals surface area contributed by atoms with Crippen molar-refractivity contribution < 1.29 is 28.6 Å². The lowest BCUT2D eigenvalue weighted by Crippen LogP contribution is -2.36. The molecule has 2 aromatic rings. The Morgan fingerprint density at radius 1 is 1.18 bits per heavy atom. The van der Waals surface area contributed by atoms with E-state index in [-0.39, 0.29) is 11.4 Å². The van der Waals surface area contributed by atoms with Crippen LogP contribution >= 0.6 is 34.4 Å².